The minimum atomic E-state index is -0.459. The Morgan fingerprint density at radius 1 is 0.935 bits per heavy atom. The van der Waals surface area contributed by atoms with Gasteiger partial charge in [-0.1, -0.05) is 0 Å². The van der Waals surface area contributed by atoms with E-state index in [4.69, 9.17) is 4.74 Å². The highest BCUT2D eigenvalue weighted by atomic mass is 16.6. The molecule has 1 atom stereocenters. The van der Waals surface area contributed by atoms with Crippen LogP contribution in [0.5, 0.6) is 0 Å². The van der Waals surface area contributed by atoms with E-state index in [1.54, 1.807) is 63.8 Å². The quantitative estimate of drug-likeness (QED) is 0.702. The van der Waals surface area contributed by atoms with E-state index in [9.17, 15) is 14.4 Å². The molecule has 9 heteroatoms. The van der Waals surface area contributed by atoms with Gasteiger partial charge in [-0.3, -0.25) is 19.6 Å². The number of carbonyl (C=O) groups is 3. The van der Waals surface area contributed by atoms with Gasteiger partial charge >= 0.3 is 6.09 Å². The molecule has 0 aromatic carbocycles. The lowest BCUT2D eigenvalue weighted by atomic mass is 10.1. The normalized spacial score (nSPS) is 16.0. The fourth-order valence-electron chi connectivity index (χ4n) is 3.53. The number of rotatable bonds is 6. The van der Waals surface area contributed by atoms with Crippen LogP contribution in [0.2, 0.25) is 0 Å². The standard InChI is InChI=1S/C22H27N5O4/c1-3-25(4-2)22(30)31-16-19-15-26(20(28)17-5-9-23-10-6-17)13-14-27(19)21(29)18-7-11-24-12-8-18/h5-12,19H,3-4,13-16H2,1-2H3. The zero-order chi connectivity index (χ0) is 22.2. The molecule has 3 rings (SSSR count). The highest BCUT2D eigenvalue weighted by molar-refractivity contribution is 5.96. The zero-order valence-electron chi connectivity index (χ0n) is 17.8. The van der Waals surface area contributed by atoms with Crippen LogP contribution in [-0.4, -0.2) is 87.9 Å². The van der Waals surface area contributed by atoms with E-state index < -0.39 is 12.1 Å². The predicted molar refractivity (Wildman–Crippen MR) is 113 cm³/mol. The number of carbonyl (C=O) groups excluding carboxylic acids is 3. The molecule has 9 nitrogen and oxygen atoms in total. The third-order valence-corrected chi connectivity index (χ3v) is 5.31. The van der Waals surface area contributed by atoms with Crippen molar-refractivity contribution in [2.45, 2.75) is 19.9 Å². The molecule has 3 amide bonds. The lowest BCUT2D eigenvalue weighted by Gasteiger charge is -2.41. The van der Waals surface area contributed by atoms with Gasteiger partial charge in [0.15, 0.2) is 0 Å². The molecule has 2 aromatic heterocycles. The highest BCUT2D eigenvalue weighted by Crippen LogP contribution is 2.17. The summed E-state index contributed by atoms with van der Waals surface area (Å²) >= 11 is 0. The molecular formula is C22H27N5O4. The first-order chi connectivity index (χ1) is 15.0. The zero-order valence-corrected chi connectivity index (χ0v) is 17.8. The highest BCUT2D eigenvalue weighted by Gasteiger charge is 2.34. The second-order valence-electron chi connectivity index (χ2n) is 7.12. The summed E-state index contributed by atoms with van der Waals surface area (Å²) in [6.45, 7) is 5.82. The number of ether oxygens (including phenoxy) is 1. The molecule has 0 aliphatic carbocycles. The Labute approximate surface area is 181 Å². The fraction of sp³-hybridized carbons (Fsp3) is 0.409. The molecule has 2 aromatic rings. The summed E-state index contributed by atoms with van der Waals surface area (Å²) in [6, 6.07) is 6.16. The SMILES string of the molecule is CCN(CC)C(=O)OCC1CN(C(=O)c2ccncc2)CCN1C(=O)c1ccncc1. The van der Waals surface area contributed by atoms with Crippen LogP contribution in [0, 0.1) is 0 Å². The summed E-state index contributed by atoms with van der Waals surface area (Å²) in [6.07, 6.45) is 5.83. The smallest absolute Gasteiger partial charge is 0.409 e. The molecule has 0 radical (unpaired) electrons. The topological polar surface area (TPSA) is 95.9 Å². The van der Waals surface area contributed by atoms with E-state index in [1.165, 1.54) is 0 Å². The number of nitrogens with zero attached hydrogens (tertiary/aromatic N) is 5. The van der Waals surface area contributed by atoms with Gasteiger partial charge in [0.1, 0.15) is 6.61 Å². The monoisotopic (exact) mass is 425 g/mol. The maximum Gasteiger partial charge on any atom is 0.409 e. The molecule has 1 aliphatic heterocycles. The van der Waals surface area contributed by atoms with Crippen LogP contribution in [0.25, 0.3) is 0 Å². The van der Waals surface area contributed by atoms with Crippen molar-refractivity contribution in [2.24, 2.45) is 0 Å². The number of hydrogen-bond acceptors (Lipinski definition) is 6. The Morgan fingerprint density at radius 3 is 2.03 bits per heavy atom. The van der Waals surface area contributed by atoms with E-state index in [2.05, 4.69) is 9.97 Å². The van der Waals surface area contributed by atoms with Crippen molar-refractivity contribution in [1.29, 1.82) is 0 Å². The van der Waals surface area contributed by atoms with Gasteiger partial charge < -0.3 is 19.4 Å². The van der Waals surface area contributed by atoms with Crippen LogP contribution in [0.15, 0.2) is 49.1 Å². The van der Waals surface area contributed by atoms with Crippen LogP contribution >= 0.6 is 0 Å². The third kappa shape index (κ3) is 5.36. The predicted octanol–water partition coefficient (Wildman–Crippen LogP) is 1.92. The first-order valence-corrected chi connectivity index (χ1v) is 10.4. The molecule has 0 bridgehead atoms. The van der Waals surface area contributed by atoms with Gasteiger partial charge in [-0.15, -0.1) is 0 Å². The van der Waals surface area contributed by atoms with Gasteiger partial charge in [-0.25, -0.2) is 4.79 Å². The molecule has 1 unspecified atom stereocenters. The van der Waals surface area contributed by atoms with Gasteiger partial charge in [0.2, 0.25) is 0 Å². The van der Waals surface area contributed by atoms with Crippen LogP contribution in [-0.2, 0) is 4.74 Å². The molecular weight excluding hydrogens is 398 g/mol. The Kier molecular flexibility index (Phi) is 7.53. The summed E-state index contributed by atoms with van der Waals surface area (Å²) < 4.78 is 5.51. The van der Waals surface area contributed by atoms with Crippen LogP contribution in [0.4, 0.5) is 4.79 Å². The summed E-state index contributed by atoms with van der Waals surface area (Å²) in [7, 11) is 0. The van der Waals surface area contributed by atoms with Crippen molar-refractivity contribution in [3.8, 4) is 0 Å². The van der Waals surface area contributed by atoms with E-state index in [1.807, 2.05) is 13.8 Å². The Morgan fingerprint density at radius 2 is 1.48 bits per heavy atom. The lowest BCUT2D eigenvalue weighted by molar-refractivity contribution is 0.0184. The van der Waals surface area contributed by atoms with Crippen LogP contribution < -0.4 is 0 Å². The molecule has 0 saturated carbocycles. The minimum absolute atomic E-state index is 0.00623. The molecule has 0 N–H and O–H groups in total. The van der Waals surface area contributed by atoms with E-state index in [0.717, 1.165) is 0 Å². The van der Waals surface area contributed by atoms with Gasteiger partial charge in [0.05, 0.1) is 6.04 Å². The van der Waals surface area contributed by atoms with E-state index in [-0.39, 0.29) is 25.0 Å². The largest absolute Gasteiger partial charge is 0.447 e. The number of amides is 3. The molecule has 0 spiro atoms. The van der Waals surface area contributed by atoms with Crippen molar-refractivity contribution in [3.05, 3.63) is 60.2 Å². The first-order valence-electron chi connectivity index (χ1n) is 10.4. The summed E-state index contributed by atoms with van der Waals surface area (Å²) in [5, 5.41) is 0. The number of pyridine rings is 2. The second kappa shape index (κ2) is 10.5. The van der Waals surface area contributed by atoms with E-state index in [0.29, 0.717) is 37.3 Å². The Bertz CT molecular complexity index is 889. The Balaban J connectivity index is 1.76. The summed E-state index contributed by atoms with van der Waals surface area (Å²) in [4.78, 5) is 51.1. The number of piperazine rings is 1. The lowest BCUT2D eigenvalue weighted by Crippen LogP contribution is -2.58. The van der Waals surface area contributed by atoms with Crippen molar-refractivity contribution in [1.82, 2.24) is 24.7 Å². The number of hydrogen-bond donors (Lipinski definition) is 0. The first kappa shape index (κ1) is 22.2. The van der Waals surface area contributed by atoms with Crippen LogP contribution in [0.3, 0.4) is 0 Å². The molecule has 3 heterocycles. The van der Waals surface area contributed by atoms with Gasteiger partial charge in [0, 0.05) is 68.6 Å². The minimum Gasteiger partial charge on any atom is -0.447 e. The summed E-state index contributed by atoms with van der Waals surface area (Å²) in [5.74, 6) is -0.319. The molecule has 1 aliphatic rings. The van der Waals surface area contributed by atoms with Crippen molar-refractivity contribution in [2.75, 3.05) is 39.3 Å². The fourth-order valence-corrected chi connectivity index (χ4v) is 3.53. The third-order valence-electron chi connectivity index (χ3n) is 5.31. The van der Waals surface area contributed by atoms with Crippen molar-refractivity contribution < 1.29 is 19.1 Å². The summed E-state index contributed by atoms with van der Waals surface area (Å²) in [5.41, 5.74) is 1.03. The van der Waals surface area contributed by atoms with Crippen molar-refractivity contribution in [3.63, 3.8) is 0 Å². The molecule has 31 heavy (non-hydrogen) atoms. The van der Waals surface area contributed by atoms with Gasteiger partial charge in [-0.05, 0) is 38.1 Å². The average Bonchev–Trinajstić information content (AvgIpc) is 2.83. The number of aromatic nitrogens is 2. The van der Waals surface area contributed by atoms with Crippen LogP contribution in [0.1, 0.15) is 34.6 Å². The van der Waals surface area contributed by atoms with Gasteiger partial charge in [0.25, 0.3) is 11.8 Å². The molecule has 164 valence electrons. The maximum absolute atomic E-state index is 13.1. The second-order valence-corrected chi connectivity index (χ2v) is 7.12. The van der Waals surface area contributed by atoms with E-state index >= 15 is 0 Å². The molecule has 1 fully saturated rings. The van der Waals surface area contributed by atoms with Crippen molar-refractivity contribution >= 4 is 17.9 Å². The van der Waals surface area contributed by atoms with Gasteiger partial charge in [-0.2, -0.15) is 0 Å². The Hall–Kier alpha value is -3.49. The average molecular weight is 425 g/mol. The molecule has 1 saturated heterocycles. The maximum atomic E-state index is 13.1.